The van der Waals surface area contributed by atoms with E-state index in [0.717, 1.165) is 16.0 Å². The van der Waals surface area contributed by atoms with Crippen LogP contribution in [0.4, 0.5) is 0 Å². The van der Waals surface area contributed by atoms with Crippen molar-refractivity contribution in [1.82, 2.24) is 30.2 Å². The molecule has 0 atom stereocenters. The molecule has 0 unspecified atom stereocenters. The topological polar surface area (TPSA) is 98.7 Å². The summed E-state index contributed by atoms with van der Waals surface area (Å²) in [6.07, 6.45) is 3.20. The van der Waals surface area contributed by atoms with Gasteiger partial charge in [-0.3, -0.25) is 4.79 Å². The van der Waals surface area contributed by atoms with E-state index in [1.807, 2.05) is 56.3 Å². The van der Waals surface area contributed by atoms with Crippen LogP contribution in [0.1, 0.15) is 32.1 Å². The van der Waals surface area contributed by atoms with Crippen LogP contribution in [0.3, 0.4) is 0 Å². The van der Waals surface area contributed by atoms with E-state index in [4.69, 9.17) is 4.52 Å². The molecule has 4 aromatic heterocycles. The van der Waals surface area contributed by atoms with Crippen LogP contribution in [0.2, 0.25) is 0 Å². The maximum Gasteiger partial charge on any atom is 0.259 e. The lowest BCUT2D eigenvalue weighted by molar-refractivity contribution is 0.0952. The van der Waals surface area contributed by atoms with Gasteiger partial charge < -0.3 is 9.84 Å². The van der Waals surface area contributed by atoms with Crippen LogP contribution in [0.5, 0.6) is 0 Å². The van der Waals surface area contributed by atoms with E-state index in [1.54, 1.807) is 22.3 Å². The maximum absolute atomic E-state index is 13.1. The van der Waals surface area contributed by atoms with Crippen molar-refractivity contribution in [2.24, 2.45) is 0 Å². The standard InChI is InChI=1S/C23H20N6O2S/c1-14-3-8-20(32-14)19-9-18(21-15(2)28-31-23(21)27-19)22(30)25-10-16-4-6-17(7-5-16)11-29-13-24-12-26-29/h3-9,12-13H,10-11H2,1-2H3,(H,25,30). The fraction of sp³-hybridized carbons (Fsp3) is 0.174. The van der Waals surface area contributed by atoms with Crippen LogP contribution >= 0.6 is 11.3 Å². The van der Waals surface area contributed by atoms with Gasteiger partial charge in [0.1, 0.15) is 12.7 Å². The first kappa shape index (κ1) is 20.1. The highest BCUT2D eigenvalue weighted by Gasteiger charge is 2.19. The molecule has 1 aromatic carbocycles. The number of benzene rings is 1. The van der Waals surface area contributed by atoms with E-state index in [2.05, 4.69) is 25.5 Å². The third-order valence-electron chi connectivity index (χ3n) is 5.14. The van der Waals surface area contributed by atoms with Crippen LogP contribution in [-0.4, -0.2) is 30.8 Å². The minimum absolute atomic E-state index is 0.190. The van der Waals surface area contributed by atoms with Gasteiger partial charge in [-0.1, -0.05) is 29.4 Å². The van der Waals surface area contributed by atoms with Crippen molar-refractivity contribution >= 4 is 28.3 Å². The number of amides is 1. The zero-order valence-corrected chi connectivity index (χ0v) is 18.4. The van der Waals surface area contributed by atoms with E-state index < -0.39 is 0 Å². The number of aromatic nitrogens is 5. The molecule has 8 nitrogen and oxygen atoms in total. The average Bonchev–Trinajstić information content (AvgIpc) is 3.55. The molecule has 0 radical (unpaired) electrons. The molecule has 0 aliphatic heterocycles. The minimum Gasteiger partial charge on any atom is -0.348 e. The fourth-order valence-electron chi connectivity index (χ4n) is 3.51. The summed E-state index contributed by atoms with van der Waals surface area (Å²) in [5.74, 6) is -0.190. The van der Waals surface area contributed by atoms with E-state index in [1.165, 1.54) is 11.2 Å². The Morgan fingerprint density at radius 2 is 1.94 bits per heavy atom. The average molecular weight is 445 g/mol. The highest BCUT2D eigenvalue weighted by atomic mass is 32.1. The van der Waals surface area contributed by atoms with Crippen molar-refractivity contribution in [3.8, 4) is 10.6 Å². The van der Waals surface area contributed by atoms with Crippen molar-refractivity contribution < 1.29 is 9.32 Å². The number of nitrogens with one attached hydrogen (secondary N) is 1. The summed E-state index contributed by atoms with van der Waals surface area (Å²) in [5, 5.41) is 11.8. The number of fused-ring (bicyclic) bond motifs is 1. The van der Waals surface area contributed by atoms with Gasteiger partial charge in [0.2, 0.25) is 0 Å². The van der Waals surface area contributed by atoms with E-state index in [-0.39, 0.29) is 5.91 Å². The number of carbonyl (C=O) groups is 1. The van der Waals surface area contributed by atoms with Gasteiger partial charge in [0.25, 0.3) is 11.6 Å². The molecule has 32 heavy (non-hydrogen) atoms. The van der Waals surface area contributed by atoms with Crippen LogP contribution in [0.15, 0.2) is 59.6 Å². The summed E-state index contributed by atoms with van der Waals surface area (Å²) in [4.78, 5) is 23.8. The number of nitrogens with zero attached hydrogens (tertiary/aromatic N) is 5. The van der Waals surface area contributed by atoms with E-state index in [9.17, 15) is 4.79 Å². The Labute approximate surface area is 187 Å². The quantitative estimate of drug-likeness (QED) is 0.423. The van der Waals surface area contributed by atoms with Crippen molar-refractivity contribution in [3.05, 3.63) is 82.4 Å². The molecule has 5 rings (SSSR count). The predicted molar refractivity (Wildman–Crippen MR) is 121 cm³/mol. The van der Waals surface area contributed by atoms with Gasteiger partial charge in [0.15, 0.2) is 0 Å². The highest BCUT2D eigenvalue weighted by molar-refractivity contribution is 7.15. The van der Waals surface area contributed by atoms with Gasteiger partial charge in [-0.25, -0.2) is 14.6 Å². The normalized spacial score (nSPS) is 11.2. The summed E-state index contributed by atoms with van der Waals surface area (Å²) >= 11 is 1.62. The van der Waals surface area contributed by atoms with Crippen LogP contribution < -0.4 is 5.32 Å². The number of hydrogen-bond acceptors (Lipinski definition) is 7. The highest BCUT2D eigenvalue weighted by Crippen LogP contribution is 2.31. The van der Waals surface area contributed by atoms with Gasteiger partial charge >= 0.3 is 0 Å². The second-order valence-corrected chi connectivity index (χ2v) is 8.79. The second kappa shape index (κ2) is 8.35. The molecular formula is C23H20N6O2S. The molecule has 0 aliphatic rings. The predicted octanol–water partition coefficient (Wildman–Crippen LogP) is 4.14. The van der Waals surface area contributed by atoms with Crippen molar-refractivity contribution in [1.29, 1.82) is 0 Å². The molecule has 5 aromatic rings. The Kier molecular flexibility index (Phi) is 5.24. The zero-order valence-electron chi connectivity index (χ0n) is 17.6. The van der Waals surface area contributed by atoms with E-state index in [0.29, 0.717) is 41.1 Å². The summed E-state index contributed by atoms with van der Waals surface area (Å²) < 4.78 is 7.14. The van der Waals surface area contributed by atoms with Crippen LogP contribution in [0, 0.1) is 13.8 Å². The van der Waals surface area contributed by atoms with Gasteiger partial charge in [-0.05, 0) is 43.2 Å². The molecule has 0 aliphatic carbocycles. The van der Waals surface area contributed by atoms with E-state index >= 15 is 0 Å². The number of thiophene rings is 1. The monoisotopic (exact) mass is 444 g/mol. The van der Waals surface area contributed by atoms with Gasteiger partial charge in [-0.15, -0.1) is 11.3 Å². The molecule has 0 bridgehead atoms. The number of carbonyl (C=O) groups excluding carboxylic acids is 1. The third kappa shape index (κ3) is 4.02. The Bertz CT molecular complexity index is 1390. The lowest BCUT2D eigenvalue weighted by Crippen LogP contribution is -2.23. The number of rotatable bonds is 6. The summed E-state index contributed by atoms with van der Waals surface area (Å²) in [5.41, 5.74) is 4.34. The molecule has 0 spiro atoms. The molecule has 9 heteroatoms. The summed E-state index contributed by atoms with van der Waals surface area (Å²) in [7, 11) is 0. The lowest BCUT2D eigenvalue weighted by Gasteiger charge is -2.09. The molecule has 0 fully saturated rings. The number of hydrogen-bond donors (Lipinski definition) is 1. The largest absolute Gasteiger partial charge is 0.348 e. The molecule has 160 valence electrons. The first-order valence-corrected chi connectivity index (χ1v) is 10.9. The van der Waals surface area contributed by atoms with Crippen molar-refractivity contribution in [2.45, 2.75) is 26.9 Å². The number of pyridine rings is 1. The molecule has 4 heterocycles. The Hall–Kier alpha value is -3.85. The van der Waals surface area contributed by atoms with Crippen LogP contribution in [0.25, 0.3) is 21.7 Å². The van der Waals surface area contributed by atoms with Crippen molar-refractivity contribution in [3.63, 3.8) is 0 Å². The Balaban J connectivity index is 1.36. The smallest absolute Gasteiger partial charge is 0.259 e. The third-order valence-corrected chi connectivity index (χ3v) is 6.16. The maximum atomic E-state index is 13.1. The van der Waals surface area contributed by atoms with Gasteiger partial charge in [0.05, 0.1) is 33.8 Å². The first-order chi connectivity index (χ1) is 15.6. The van der Waals surface area contributed by atoms with Crippen LogP contribution in [-0.2, 0) is 13.1 Å². The SMILES string of the molecule is Cc1ccc(-c2cc(C(=O)NCc3ccc(Cn4cncn4)cc3)c3c(C)noc3n2)s1. The van der Waals surface area contributed by atoms with Gasteiger partial charge in [0, 0.05) is 11.4 Å². The lowest BCUT2D eigenvalue weighted by atomic mass is 10.1. The fourth-order valence-corrected chi connectivity index (χ4v) is 4.34. The Morgan fingerprint density at radius 3 is 2.66 bits per heavy atom. The molecule has 1 amide bonds. The zero-order chi connectivity index (χ0) is 22.1. The summed E-state index contributed by atoms with van der Waals surface area (Å²) in [6.45, 7) is 4.91. The van der Waals surface area contributed by atoms with Crippen molar-refractivity contribution in [2.75, 3.05) is 0 Å². The first-order valence-electron chi connectivity index (χ1n) is 10.1. The van der Waals surface area contributed by atoms with Gasteiger partial charge in [-0.2, -0.15) is 5.10 Å². The molecule has 0 saturated carbocycles. The number of aryl methyl sites for hydroxylation is 2. The minimum atomic E-state index is -0.190. The molecule has 0 saturated heterocycles. The summed E-state index contributed by atoms with van der Waals surface area (Å²) in [6, 6.07) is 13.9. The molecular weight excluding hydrogens is 424 g/mol. The molecule has 1 N–H and O–H groups in total. The Morgan fingerprint density at radius 1 is 1.12 bits per heavy atom. The second-order valence-electron chi connectivity index (χ2n) is 7.51.